The average Bonchev–Trinajstić information content (AvgIpc) is 3.74. The molecular formula is C60H37NS. The van der Waals surface area contributed by atoms with Crippen molar-refractivity contribution in [2.45, 2.75) is 0 Å². The summed E-state index contributed by atoms with van der Waals surface area (Å²) in [5.74, 6) is 0. The molecule has 12 aromatic carbocycles. The Hall–Kier alpha value is -7.78. The molecule has 0 fully saturated rings. The second-order valence-electron chi connectivity index (χ2n) is 16.4. The summed E-state index contributed by atoms with van der Waals surface area (Å²) in [4.78, 5) is 2.51. The number of thiophene rings is 1. The van der Waals surface area contributed by atoms with E-state index in [1.807, 2.05) is 11.3 Å². The van der Waals surface area contributed by atoms with Crippen molar-refractivity contribution < 1.29 is 0 Å². The van der Waals surface area contributed by atoms with E-state index in [0.717, 1.165) is 11.4 Å². The maximum atomic E-state index is 2.51. The minimum Gasteiger partial charge on any atom is -0.309 e. The summed E-state index contributed by atoms with van der Waals surface area (Å²) in [5, 5.41) is 17.6. The second-order valence-corrected chi connectivity index (χ2v) is 17.5. The molecule has 0 unspecified atom stereocenters. The molecule has 0 aliphatic carbocycles. The first-order valence-electron chi connectivity index (χ1n) is 21.3. The Labute approximate surface area is 363 Å². The fraction of sp³-hybridized carbons (Fsp3) is 0. The van der Waals surface area contributed by atoms with Crippen LogP contribution in [0.1, 0.15) is 0 Å². The Morgan fingerprint density at radius 1 is 0.290 bits per heavy atom. The third-order valence-electron chi connectivity index (χ3n) is 13.0. The highest BCUT2D eigenvalue weighted by Gasteiger charge is 2.22. The zero-order valence-electron chi connectivity index (χ0n) is 33.7. The lowest BCUT2D eigenvalue weighted by Crippen LogP contribution is -2.11. The van der Waals surface area contributed by atoms with Crippen molar-refractivity contribution in [3.8, 4) is 22.3 Å². The molecule has 0 amide bonds. The van der Waals surface area contributed by atoms with E-state index >= 15 is 0 Å². The van der Waals surface area contributed by atoms with Crippen LogP contribution in [0.25, 0.3) is 107 Å². The molecule has 13 aromatic rings. The zero-order valence-corrected chi connectivity index (χ0v) is 34.5. The molecule has 1 heterocycles. The fourth-order valence-electron chi connectivity index (χ4n) is 10.0. The van der Waals surface area contributed by atoms with Crippen LogP contribution >= 0.6 is 11.3 Å². The van der Waals surface area contributed by atoms with Crippen LogP contribution in [0, 0.1) is 0 Å². The Morgan fingerprint density at radius 2 is 0.871 bits per heavy atom. The van der Waals surface area contributed by atoms with Crippen LogP contribution in [0.5, 0.6) is 0 Å². The number of fused-ring (bicyclic) bond motifs is 11. The molecule has 0 saturated heterocycles. The van der Waals surface area contributed by atoms with Gasteiger partial charge in [0.05, 0.1) is 11.4 Å². The predicted octanol–water partition coefficient (Wildman–Crippen LogP) is 17.8. The van der Waals surface area contributed by atoms with E-state index in [-0.39, 0.29) is 0 Å². The molecule has 13 rings (SSSR count). The van der Waals surface area contributed by atoms with Crippen molar-refractivity contribution in [1.82, 2.24) is 0 Å². The topological polar surface area (TPSA) is 3.24 Å². The SMILES string of the molecule is c1ccc2cc(-c3ccc(N(c4ccc5cc(-c6cc7ccccc7c7ccccc67)ccc5c4)c4cccc5sc6c7ccccc7ccc6c45)c4ccccc34)ccc2c1. The first-order chi connectivity index (χ1) is 30.7. The van der Waals surface area contributed by atoms with Gasteiger partial charge in [-0.2, -0.15) is 0 Å². The van der Waals surface area contributed by atoms with Crippen LogP contribution in [0.3, 0.4) is 0 Å². The van der Waals surface area contributed by atoms with Gasteiger partial charge < -0.3 is 4.90 Å². The molecule has 2 heteroatoms. The average molecular weight is 804 g/mol. The van der Waals surface area contributed by atoms with Gasteiger partial charge in [0, 0.05) is 31.2 Å². The first kappa shape index (κ1) is 35.0. The Morgan fingerprint density at radius 3 is 1.69 bits per heavy atom. The lowest BCUT2D eigenvalue weighted by molar-refractivity contribution is 1.32. The van der Waals surface area contributed by atoms with Crippen LogP contribution in [0.15, 0.2) is 224 Å². The largest absolute Gasteiger partial charge is 0.309 e. The van der Waals surface area contributed by atoms with Gasteiger partial charge in [0.15, 0.2) is 0 Å². The molecule has 288 valence electrons. The molecule has 1 aromatic heterocycles. The van der Waals surface area contributed by atoms with Crippen LogP contribution in [0.4, 0.5) is 17.1 Å². The summed E-state index contributed by atoms with van der Waals surface area (Å²) in [6.45, 7) is 0. The molecule has 0 bridgehead atoms. The van der Waals surface area contributed by atoms with Crippen LogP contribution in [0.2, 0.25) is 0 Å². The lowest BCUT2D eigenvalue weighted by Gasteiger charge is -2.29. The Kier molecular flexibility index (Phi) is 7.85. The quantitative estimate of drug-likeness (QED) is 0.157. The minimum atomic E-state index is 1.12. The van der Waals surface area contributed by atoms with E-state index in [1.54, 1.807) is 0 Å². The lowest BCUT2D eigenvalue weighted by atomic mass is 9.92. The van der Waals surface area contributed by atoms with Gasteiger partial charge >= 0.3 is 0 Å². The first-order valence-corrected chi connectivity index (χ1v) is 22.1. The molecule has 62 heavy (non-hydrogen) atoms. The van der Waals surface area contributed by atoms with Gasteiger partial charge in [0.25, 0.3) is 0 Å². The molecule has 0 radical (unpaired) electrons. The summed E-state index contributed by atoms with van der Waals surface area (Å²) in [6.07, 6.45) is 0. The van der Waals surface area contributed by atoms with Gasteiger partial charge in [-0.15, -0.1) is 11.3 Å². The molecule has 0 spiro atoms. The number of hydrogen-bond acceptors (Lipinski definition) is 2. The standard InChI is InChI=1S/C60H37NS/c1-2-14-40-34-44(26-24-38(40)12-1)48-32-33-56(53-21-10-9-19-51(48)53)61(57-22-11-23-58-59(57)54-31-29-39-13-3-6-17-49(39)60(54)62-58)46-30-28-41-35-45(27-25-42(41)36-46)55-37-43-15-4-5-16-47(43)50-18-7-8-20-52(50)55/h1-37H. The maximum absolute atomic E-state index is 2.51. The highest BCUT2D eigenvalue weighted by atomic mass is 32.1. The van der Waals surface area contributed by atoms with Gasteiger partial charge in [0.2, 0.25) is 0 Å². The number of benzene rings is 12. The van der Waals surface area contributed by atoms with E-state index in [9.17, 15) is 0 Å². The molecule has 1 nitrogen and oxygen atoms in total. The molecule has 0 saturated carbocycles. The van der Waals surface area contributed by atoms with Crippen molar-refractivity contribution >= 4 is 113 Å². The van der Waals surface area contributed by atoms with Crippen molar-refractivity contribution in [1.29, 1.82) is 0 Å². The molecular weight excluding hydrogens is 767 g/mol. The number of nitrogens with zero attached hydrogens (tertiary/aromatic N) is 1. The van der Waals surface area contributed by atoms with Gasteiger partial charge in [-0.3, -0.25) is 0 Å². The molecule has 0 N–H and O–H groups in total. The summed E-state index contributed by atoms with van der Waals surface area (Å²) in [7, 11) is 0. The zero-order chi connectivity index (χ0) is 40.7. The van der Waals surface area contributed by atoms with Crippen molar-refractivity contribution in [3.63, 3.8) is 0 Å². The van der Waals surface area contributed by atoms with Gasteiger partial charge in [-0.25, -0.2) is 0 Å². The van der Waals surface area contributed by atoms with E-state index in [0.29, 0.717) is 0 Å². The monoisotopic (exact) mass is 803 g/mol. The summed E-state index contributed by atoms with van der Waals surface area (Å²) in [5.41, 5.74) is 8.37. The second kappa shape index (κ2) is 13.9. The normalized spacial score (nSPS) is 11.9. The van der Waals surface area contributed by atoms with Crippen LogP contribution in [-0.2, 0) is 0 Å². The summed E-state index contributed by atoms with van der Waals surface area (Å²) in [6, 6.07) is 83.2. The number of anilines is 3. The fourth-order valence-corrected chi connectivity index (χ4v) is 11.3. The van der Waals surface area contributed by atoms with Gasteiger partial charge in [0.1, 0.15) is 0 Å². The summed E-state index contributed by atoms with van der Waals surface area (Å²) >= 11 is 1.89. The van der Waals surface area contributed by atoms with Gasteiger partial charge in [-0.1, -0.05) is 176 Å². The minimum absolute atomic E-state index is 1.12. The Bertz CT molecular complexity index is 3950. The van der Waals surface area contributed by atoms with Crippen molar-refractivity contribution in [3.05, 3.63) is 224 Å². The van der Waals surface area contributed by atoms with Crippen molar-refractivity contribution in [2.75, 3.05) is 4.90 Å². The third-order valence-corrected chi connectivity index (χ3v) is 14.2. The summed E-state index contributed by atoms with van der Waals surface area (Å²) < 4.78 is 2.61. The van der Waals surface area contributed by atoms with E-state index in [2.05, 4.69) is 229 Å². The third kappa shape index (κ3) is 5.47. The van der Waals surface area contributed by atoms with E-state index in [4.69, 9.17) is 0 Å². The maximum Gasteiger partial charge on any atom is 0.0555 e. The predicted molar refractivity (Wildman–Crippen MR) is 270 cm³/mol. The number of hydrogen-bond donors (Lipinski definition) is 0. The van der Waals surface area contributed by atoms with E-state index in [1.165, 1.54) is 113 Å². The van der Waals surface area contributed by atoms with Crippen molar-refractivity contribution in [2.24, 2.45) is 0 Å². The number of rotatable bonds is 5. The highest BCUT2D eigenvalue weighted by molar-refractivity contribution is 7.26. The molecule has 0 aliphatic heterocycles. The Balaban J connectivity index is 1.03. The van der Waals surface area contributed by atoms with Crippen LogP contribution < -0.4 is 4.90 Å². The van der Waals surface area contributed by atoms with Crippen LogP contribution in [-0.4, -0.2) is 0 Å². The van der Waals surface area contributed by atoms with Gasteiger partial charge in [-0.05, 0) is 130 Å². The molecule has 0 aliphatic rings. The van der Waals surface area contributed by atoms with E-state index < -0.39 is 0 Å². The highest BCUT2D eigenvalue weighted by Crippen LogP contribution is 2.49. The molecule has 0 atom stereocenters. The smallest absolute Gasteiger partial charge is 0.0555 e.